The van der Waals surface area contributed by atoms with E-state index in [1.807, 2.05) is 0 Å². The Morgan fingerprint density at radius 1 is 1.42 bits per heavy atom. The summed E-state index contributed by atoms with van der Waals surface area (Å²) < 4.78 is 41.5. The third kappa shape index (κ3) is 5.16. The van der Waals surface area contributed by atoms with Crippen molar-refractivity contribution in [2.45, 2.75) is 0 Å². The van der Waals surface area contributed by atoms with Crippen LogP contribution in [0.5, 0.6) is 5.75 Å². The van der Waals surface area contributed by atoms with Gasteiger partial charge in [0, 0.05) is 6.07 Å². The minimum absolute atomic E-state index is 0.00699. The monoisotopic (exact) mass is 307 g/mol. The molecule has 0 aliphatic heterocycles. The lowest BCUT2D eigenvalue weighted by molar-refractivity contribution is 0.0977. The molecule has 0 saturated heterocycles. The topological polar surface area (TPSA) is 72.5 Å². The average Bonchev–Trinajstić information content (AvgIpc) is 2.31. The van der Waals surface area contributed by atoms with Gasteiger partial charge >= 0.3 is 0 Å². The summed E-state index contributed by atoms with van der Waals surface area (Å²) >= 11 is 5.70. The van der Waals surface area contributed by atoms with Gasteiger partial charge in [0.2, 0.25) is 10.0 Å². The second-order valence-electron chi connectivity index (χ2n) is 3.17. The first-order chi connectivity index (χ1) is 8.74. The number of hydrogen-bond donors (Lipinski definition) is 1. The fourth-order valence-corrected chi connectivity index (χ4v) is 1.77. The molecule has 5 nitrogen and oxygen atoms in total. The SMILES string of the molecule is C#C.COc1cc(F)c(C(=O)NS(C)(=O)=O)cc1Cl. The quantitative estimate of drug-likeness (QED) is 0.857. The standard InChI is InChI=1S/C9H9ClFNO4S.C2H2/c1-16-8-4-7(11)5(3-6(8)10)9(13)12-17(2,14)15;1-2/h3-4H,1-2H3,(H,12,13);1-2H. The number of rotatable bonds is 3. The fourth-order valence-electron chi connectivity index (χ4n) is 1.08. The summed E-state index contributed by atoms with van der Waals surface area (Å²) in [5.74, 6) is -1.96. The summed E-state index contributed by atoms with van der Waals surface area (Å²) in [5.41, 5.74) is -0.471. The second kappa shape index (κ2) is 6.97. The summed E-state index contributed by atoms with van der Waals surface area (Å²) in [6.45, 7) is 0. The van der Waals surface area contributed by atoms with Crippen LogP contribution in [0.25, 0.3) is 0 Å². The number of ether oxygens (including phenoxy) is 1. The number of carbonyl (C=O) groups is 1. The lowest BCUT2D eigenvalue weighted by Crippen LogP contribution is -2.30. The highest BCUT2D eigenvalue weighted by Crippen LogP contribution is 2.27. The van der Waals surface area contributed by atoms with Gasteiger partial charge in [-0.3, -0.25) is 4.79 Å². The number of sulfonamides is 1. The number of methoxy groups -OCH3 is 1. The molecule has 1 aromatic rings. The maximum absolute atomic E-state index is 13.4. The van der Waals surface area contributed by atoms with Crippen LogP contribution in [0.4, 0.5) is 4.39 Å². The molecule has 1 rings (SSSR count). The van der Waals surface area contributed by atoms with E-state index in [9.17, 15) is 17.6 Å². The van der Waals surface area contributed by atoms with Crippen molar-refractivity contribution in [3.05, 3.63) is 28.5 Å². The van der Waals surface area contributed by atoms with Crippen molar-refractivity contribution in [2.24, 2.45) is 0 Å². The lowest BCUT2D eigenvalue weighted by atomic mass is 10.2. The molecule has 1 N–H and O–H groups in total. The molecule has 0 aliphatic rings. The van der Waals surface area contributed by atoms with Crippen LogP contribution in [-0.4, -0.2) is 27.7 Å². The molecular weight excluding hydrogens is 297 g/mol. The van der Waals surface area contributed by atoms with Crippen LogP contribution in [0, 0.1) is 18.7 Å². The van der Waals surface area contributed by atoms with Crippen LogP contribution >= 0.6 is 11.6 Å². The van der Waals surface area contributed by atoms with Crippen molar-refractivity contribution < 1.29 is 22.3 Å². The molecule has 0 bridgehead atoms. The summed E-state index contributed by atoms with van der Waals surface area (Å²) in [5, 5.41) is 0.00699. The molecule has 0 unspecified atom stereocenters. The Morgan fingerprint density at radius 3 is 2.37 bits per heavy atom. The Labute approximate surface area is 115 Å². The molecule has 8 heteroatoms. The average molecular weight is 308 g/mol. The zero-order valence-electron chi connectivity index (χ0n) is 10.1. The van der Waals surface area contributed by atoms with Crippen LogP contribution in [0.15, 0.2) is 12.1 Å². The normalized spacial score (nSPS) is 10.0. The highest BCUT2D eigenvalue weighted by atomic mass is 35.5. The highest BCUT2D eigenvalue weighted by Gasteiger charge is 2.18. The molecular formula is C11H11ClFNO4S. The van der Waals surface area contributed by atoms with Crippen molar-refractivity contribution in [2.75, 3.05) is 13.4 Å². The molecule has 0 aromatic heterocycles. The molecule has 0 atom stereocenters. The van der Waals surface area contributed by atoms with Gasteiger partial charge in [-0.1, -0.05) is 11.6 Å². The van der Waals surface area contributed by atoms with E-state index in [1.54, 1.807) is 4.72 Å². The van der Waals surface area contributed by atoms with Crippen molar-refractivity contribution in [3.8, 4) is 18.6 Å². The Balaban J connectivity index is 0.00000154. The fraction of sp³-hybridized carbons (Fsp3) is 0.182. The van der Waals surface area contributed by atoms with E-state index < -0.39 is 27.3 Å². The van der Waals surface area contributed by atoms with Crippen LogP contribution < -0.4 is 9.46 Å². The number of hydrogen-bond acceptors (Lipinski definition) is 4. The molecule has 0 heterocycles. The van der Waals surface area contributed by atoms with E-state index in [0.29, 0.717) is 0 Å². The first-order valence-corrected chi connectivity index (χ1v) is 6.90. The molecule has 19 heavy (non-hydrogen) atoms. The first-order valence-electron chi connectivity index (χ1n) is 4.63. The zero-order chi connectivity index (χ0) is 15.2. The van der Waals surface area contributed by atoms with E-state index in [4.69, 9.17) is 16.3 Å². The molecule has 1 amide bonds. The van der Waals surface area contributed by atoms with Crippen molar-refractivity contribution in [1.82, 2.24) is 4.72 Å². The van der Waals surface area contributed by atoms with Crippen molar-refractivity contribution in [3.63, 3.8) is 0 Å². The van der Waals surface area contributed by atoms with Crippen LogP contribution in [0.2, 0.25) is 5.02 Å². The minimum Gasteiger partial charge on any atom is -0.495 e. The molecule has 104 valence electrons. The predicted octanol–water partition coefficient (Wildman–Crippen LogP) is 1.43. The summed E-state index contributed by atoms with van der Waals surface area (Å²) in [7, 11) is -2.47. The largest absolute Gasteiger partial charge is 0.495 e. The number of amides is 1. The number of benzene rings is 1. The van der Waals surface area contributed by atoms with E-state index in [1.165, 1.54) is 7.11 Å². The third-order valence-electron chi connectivity index (χ3n) is 1.76. The Morgan fingerprint density at radius 2 is 1.95 bits per heavy atom. The Hall–Kier alpha value is -1.78. The first kappa shape index (κ1) is 17.2. The van der Waals surface area contributed by atoms with Crippen LogP contribution in [0.3, 0.4) is 0 Å². The van der Waals surface area contributed by atoms with Gasteiger partial charge in [-0.05, 0) is 6.07 Å². The van der Waals surface area contributed by atoms with E-state index in [-0.39, 0.29) is 10.8 Å². The highest BCUT2D eigenvalue weighted by molar-refractivity contribution is 7.89. The summed E-state index contributed by atoms with van der Waals surface area (Å²) in [6.07, 6.45) is 8.79. The third-order valence-corrected chi connectivity index (χ3v) is 2.62. The van der Waals surface area contributed by atoms with Crippen molar-refractivity contribution >= 4 is 27.5 Å². The maximum Gasteiger partial charge on any atom is 0.267 e. The molecule has 0 spiro atoms. The van der Waals surface area contributed by atoms with Crippen LogP contribution in [-0.2, 0) is 10.0 Å². The number of terminal acetylenes is 1. The Bertz CT molecular complexity index is 598. The molecule has 0 radical (unpaired) electrons. The number of carbonyl (C=O) groups excluding carboxylic acids is 1. The van der Waals surface area contributed by atoms with Gasteiger partial charge in [0.25, 0.3) is 5.91 Å². The van der Waals surface area contributed by atoms with Gasteiger partial charge in [-0.25, -0.2) is 17.5 Å². The van der Waals surface area contributed by atoms with Gasteiger partial charge in [0.1, 0.15) is 11.6 Å². The number of halogens is 2. The lowest BCUT2D eigenvalue weighted by Gasteiger charge is -2.07. The predicted molar refractivity (Wildman–Crippen MR) is 70.2 cm³/mol. The number of nitrogens with one attached hydrogen (secondary N) is 1. The van der Waals surface area contributed by atoms with Gasteiger partial charge in [-0.2, -0.15) is 0 Å². The minimum atomic E-state index is -3.76. The smallest absolute Gasteiger partial charge is 0.267 e. The van der Waals surface area contributed by atoms with Gasteiger partial charge < -0.3 is 4.74 Å². The van der Waals surface area contributed by atoms with Gasteiger partial charge in [0.05, 0.1) is 24.0 Å². The van der Waals surface area contributed by atoms with Gasteiger partial charge in [-0.15, -0.1) is 12.8 Å². The maximum atomic E-state index is 13.4. The van der Waals surface area contributed by atoms with E-state index in [2.05, 4.69) is 12.8 Å². The molecule has 0 fully saturated rings. The summed E-state index contributed by atoms with van der Waals surface area (Å²) in [6, 6.07) is 1.90. The van der Waals surface area contributed by atoms with E-state index in [0.717, 1.165) is 18.4 Å². The Kier molecular flexibility index (Phi) is 6.32. The van der Waals surface area contributed by atoms with Crippen molar-refractivity contribution in [1.29, 1.82) is 0 Å². The molecule has 1 aromatic carbocycles. The summed E-state index contributed by atoms with van der Waals surface area (Å²) in [4.78, 5) is 11.4. The molecule has 0 saturated carbocycles. The molecule has 0 aliphatic carbocycles. The van der Waals surface area contributed by atoms with Crippen LogP contribution in [0.1, 0.15) is 10.4 Å². The zero-order valence-corrected chi connectivity index (χ0v) is 11.7. The second-order valence-corrected chi connectivity index (χ2v) is 5.33. The van der Waals surface area contributed by atoms with Gasteiger partial charge in [0.15, 0.2) is 0 Å². The van der Waals surface area contributed by atoms with E-state index >= 15 is 0 Å².